The van der Waals surface area contributed by atoms with Crippen molar-refractivity contribution in [1.29, 1.82) is 0 Å². The molecule has 7 heteroatoms. The molecule has 2 aromatic rings. The van der Waals surface area contributed by atoms with E-state index in [0.717, 1.165) is 14.0 Å². The van der Waals surface area contributed by atoms with Crippen molar-refractivity contribution < 1.29 is 19.0 Å². The van der Waals surface area contributed by atoms with Crippen LogP contribution in [0.1, 0.15) is 31.2 Å². The van der Waals surface area contributed by atoms with Crippen LogP contribution in [0.5, 0.6) is 11.5 Å². The first-order valence-electron chi connectivity index (χ1n) is 8.17. The number of carbonyl (C=O) groups excluding carboxylic acids is 1. The summed E-state index contributed by atoms with van der Waals surface area (Å²) in [5.74, 6) is 1.25. The monoisotopic (exact) mass is 483 g/mol. The first-order chi connectivity index (χ1) is 12.5. The number of hydrogen-bond donors (Lipinski definition) is 0. The summed E-state index contributed by atoms with van der Waals surface area (Å²) >= 11 is 3.68. The average molecular weight is 483 g/mol. The number of esters is 1. The Morgan fingerprint density at radius 2 is 2.19 bits per heavy atom. The van der Waals surface area contributed by atoms with Crippen molar-refractivity contribution >= 4 is 51.9 Å². The van der Waals surface area contributed by atoms with E-state index < -0.39 is 5.97 Å². The Morgan fingerprint density at radius 3 is 2.85 bits per heavy atom. The molecule has 3 rings (SSSR count). The fraction of sp³-hybridized carbons (Fsp3) is 0.263. The van der Waals surface area contributed by atoms with Gasteiger partial charge in [0.15, 0.2) is 17.2 Å². The van der Waals surface area contributed by atoms with Gasteiger partial charge in [0, 0.05) is 0 Å². The summed E-state index contributed by atoms with van der Waals surface area (Å²) in [4.78, 5) is 17.3. The Kier molecular flexibility index (Phi) is 5.98. The van der Waals surface area contributed by atoms with Gasteiger partial charge >= 0.3 is 5.97 Å². The minimum Gasteiger partial charge on any atom is -0.490 e. The van der Waals surface area contributed by atoms with Crippen LogP contribution in [0.15, 0.2) is 40.3 Å². The van der Waals surface area contributed by atoms with Crippen LogP contribution in [0.2, 0.25) is 0 Å². The van der Waals surface area contributed by atoms with E-state index >= 15 is 0 Å². The second-order valence-corrected chi connectivity index (χ2v) is 7.85. The Hall–Kier alpha value is -1.87. The summed E-state index contributed by atoms with van der Waals surface area (Å²) < 4.78 is 17.8. The molecular formula is C19H18INO4S. The molecule has 0 unspecified atom stereocenters. The van der Waals surface area contributed by atoms with Crippen molar-refractivity contribution in [3.8, 4) is 11.5 Å². The van der Waals surface area contributed by atoms with Crippen LogP contribution < -0.4 is 9.47 Å². The van der Waals surface area contributed by atoms with Crippen LogP contribution in [0, 0.1) is 3.57 Å². The highest BCUT2D eigenvalue weighted by Crippen LogP contribution is 2.36. The zero-order chi connectivity index (χ0) is 18.7. The van der Waals surface area contributed by atoms with Gasteiger partial charge in [-0.2, -0.15) is 0 Å². The first kappa shape index (κ1) is 18.9. The summed E-state index contributed by atoms with van der Waals surface area (Å²) in [7, 11) is 0. The fourth-order valence-corrected chi connectivity index (χ4v) is 3.76. The van der Waals surface area contributed by atoms with E-state index in [1.807, 2.05) is 50.4 Å². The molecule has 1 aromatic carbocycles. The van der Waals surface area contributed by atoms with Gasteiger partial charge in [-0.05, 0) is 78.6 Å². The molecule has 0 spiro atoms. The van der Waals surface area contributed by atoms with Crippen LogP contribution in [0.3, 0.4) is 0 Å². The number of nitrogens with zero attached hydrogens (tertiary/aromatic N) is 1. The average Bonchev–Trinajstić information content (AvgIpc) is 3.21. The number of hydrogen-bond acceptors (Lipinski definition) is 6. The zero-order valence-electron chi connectivity index (χ0n) is 14.6. The minimum atomic E-state index is -0.455. The lowest BCUT2D eigenvalue weighted by molar-refractivity contribution is -0.129. The first-order valence-corrected chi connectivity index (χ1v) is 10.1. The van der Waals surface area contributed by atoms with E-state index in [0.29, 0.717) is 24.0 Å². The van der Waals surface area contributed by atoms with E-state index in [2.05, 4.69) is 27.6 Å². The van der Waals surface area contributed by atoms with Crippen molar-refractivity contribution in [1.82, 2.24) is 0 Å². The Bertz CT molecular complexity index is 872. The lowest BCUT2D eigenvalue weighted by Gasteiger charge is -2.16. The second kappa shape index (κ2) is 8.22. The largest absolute Gasteiger partial charge is 0.490 e. The highest BCUT2D eigenvalue weighted by atomic mass is 127. The van der Waals surface area contributed by atoms with Gasteiger partial charge in [0.05, 0.1) is 21.2 Å². The van der Waals surface area contributed by atoms with E-state index in [9.17, 15) is 4.79 Å². The zero-order valence-corrected chi connectivity index (χ0v) is 17.6. The number of ether oxygens (including phenoxy) is 3. The molecule has 0 atom stereocenters. The molecule has 0 N–H and O–H groups in total. The maximum Gasteiger partial charge on any atom is 0.363 e. The minimum absolute atomic E-state index is 0.0368. The number of cyclic esters (lactones) is 1. The van der Waals surface area contributed by atoms with Crippen LogP contribution in [-0.2, 0) is 9.53 Å². The number of benzene rings is 1. The maximum absolute atomic E-state index is 12.1. The van der Waals surface area contributed by atoms with Crippen molar-refractivity contribution in [2.45, 2.75) is 26.9 Å². The number of halogens is 1. The lowest BCUT2D eigenvalue weighted by atomic mass is 10.1. The maximum atomic E-state index is 12.1. The van der Waals surface area contributed by atoms with Gasteiger partial charge in [0.2, 0.25) is 5.90 Å². The molecule has 0 radical (unpaired) electrons. The molecule has 0 saturated heterocycles. The Labute approximate surface area is 169 Å². The third-order valence-electron chi connectivity index (χ3n) is 3.34. The molecular weight excluding hydrogens is 465 g/mol. The van der Waals surface area contributed by atoms with Gasteiger partial charge in [-0.15, -0.1) is 11.3 Å². The van der Waals surface area contributed by atoms with E-state index in [-0.39, 0.29) is 11.8 Å². The molecule has 136 valence electrons. The summed E-state index contributed by atoms with van der Waals surface area (Å²) in [6.07, 6.45) is 1.74. The van der Waals surface area contributed by atoms with Gasteiger partial charge in [-0.3, -0.25) is 0 Å². The quantitative estimate of drug-likeness (QED) is 0.334. The highest BCUT2D eigenvalue weighted by molar-refractivity contribution is 14.1. The Morgan fingerprint density at radius 1 is 1.38 bits per heavy atom. The number of rotatable bonds is 6. The molecule has 5 nitrogen and oxygen atoms in total. The number of carbonyl (C=O) groups is 1. The molecule has 1 aromatic heterocycles. The highest BCUT2D eigenvalue weighted by Gasteiger charge is 2.25. The lowest BCUT2D eigenvalue weighted by Crippen LogP contribution is -2.09. The summed E-state index contributed by atoms with van der Waals surface area (Å²) in [5, 5.41) is 1.91. The Balaban J connectivity index is 1.96. The fourth-order valence-electron chi connectivity index (χ4n) is 2.36. The number of thiophene rings is 1. The van der Waals surface area contributed by atoms with E-state index in [1.165, 1.54) is 11.3 Å². The molecule has 0 aliphatic carbocycles. The summed E-state index contributed by atoms with van der Waals surface area (Å²) in [5.41, 5.74) is 1.07. The molecule has 1 aliphatic heterocycles. The van der Waals surface area contributed by atoms with E-state index in [1.54, 1.807) is 6.08 Å². The number of aliphatic imine (C=N–C) groups is 1. The van der Waals surface area contributed by atoms with Crippen LogP contribution in [-0.4, -0.2) is 24.6 Å². The van der Waals surface area contributed by atoms with Crippen LogP contribution in [0.25, 0.3) is 6.08 Å². The topological polar surface area (TPSA) is 57.1 Å². The van der Waals surface area contributed by atoms with Gasteiger partial charge in [-0.25, -0.2) is 9.79 Å². The second-order valence-electron chi connectivity index (χ2n) is 5.74. The van der Waals surface area contributed by atoms with Crippen molar-refractivity contribution in [2.24, 2.45) is 4.99 Å². The van der Waals surface area contributed by atoms with Gasteiger partial charge in [-0.1, -0.05) is 6.07 Å². The summed E-state index contributed by atoms with van der Waals surface area (Å²) in [6, 6.07) is 7.54. The molecule has 0 bridgehead atoms. The smallest absolute Gasteiger partial charge is 0.363 e. The third-order valence-corrected chi connectivity index (χ3v) is 5.00. The molecule has 0 fully saturated rings. The molecule has 0 amide bonds. The van der Waals surface area contributed by atoms with Crippen LogP contribution >= 0.6 is 33.9 Å². The molecule has 1 aliphatic rings. The van der Waals surface area contributed by atoms with E-state index in [4.69, 9.17) is 14.2 Å². The van der Waals surface area contributed by atoms with Crippen LogP contribution in [0.4, 0.5) is 0 Å². The predicted molar refractivity (Wildman–Crippen MR) is 111 cm³/mol. The van der Waals surface area contributed by atoms with Gasteiger partial charge in [0.25, 0.3) is 0 Å². The van der Waals surface area contributed by atoms with Crippen molar-refractivity contribution in [2.75, 3.05) is 6.61 Å². The SMILES string of the molecule is CCOc1cc(C=C2N=C(c3cccs3)OC2=O)cc(I)c1OC(C)C. The third kappa shape index (κ3) is 4.27. The van der Waals surface area contributed by atoms with Gasteiger partial charge < -0.3 is 14.2 Å². The molecule has 2 heterocycles. The van der Waals surface area contributed by atoms with Gasteiger partial charge in [0.1, 0.15) is 0 Å². The normalized spacial score (nSPS) is 15.3. The summed E-state index contributed by atoms with van der Waals surface area (Å²) in [6.45, 7) is 6.38. The molecule has 26 heavy (non-hydrogen) atoms. The predicted octanol–water partition coefficient (Wildman–Crippen LogP) is 4.88. The standard InChI is InChI=1S/C19H18INO4S/c1-4-23-15-10-12(8-13(20)17(15)24-11(2)3)9-14-19(22)25-18(21-14)16-6-5-7-26-16/h5-11H,4H2,1-3H3. The van der Waals surface area contributed by atoms with Crippen molar-refractivity contribution in [3.05, 3.63) is 49.4 Å². The van der Waals surface area contributed by atoms with Crippen molar-refractivity contribution in [3.63, 3.8) is 0 Å². The molecule has 0 saturated carbocycles.